The van der Waals surface area contributed by atoms with Crippen molar-refractivity contribution < 1.29 is 28.9 Å². The van der Waals surface area contributed by atoms with Crippen molar-refractivity contribution in [3.05, 3.63) is 59.7 Å². The molecule has 154 valence electrons. The summed E-state index contributed by atoms with van der Waals surface area (Å²) in [6.45, 7) is 2.85. The molecule has 2 atom stereocenters. The van der Waals surface area contributed by atoms with Crippen LogP contribution in [0.1, 0.15) is 24.0 Å². The Balaban J connectivity index is 1.74. The molecule has 2 aromatic rings. The van der Waals surface area contributed by atoms with Crippen LogP contribution in [-0.4, -0.2) is 48.9 Å². The lowest BCUT2D eigenvalue weighted by molar-refractivity contribution is -0.141. The third-order valence-corrected chi connectivity index (χ3v) is 5.02. The number of hydrogen-bond donors (Lipinski definition) is 1. The Morgan fingerprint density at radius 1 is 1.10 bits per heavy atom. The second-order valence-electron chi connectivity index (χ2n) is 6.84. The summed E-state index contributed by atoms with van der Waals surface area (Å²) in [5.74, 6) is -0.882. The molecular formula is C22H25NO6. The van der Waals surface area contributed by atoms with E-state index in [1.807, 2.05) is 43.3 Å². The number of likely N-dealkylation sites (tertiary alicyclic amines) is 1. The maximum absolute atomic E-state index is 12.5. The van der Waals surface area contributed by atoms with Gasteiger partial charge in [0.15, 0.2) is 11.5 Å². The zero-order valence-electron chi connectivity index (χ0n) is 16.5. The van der Waals surface area contributed by atoms with E-state index in [4.69, 9.17) is 14.2 Å². The molecule has 1 aliphatic heterocycles. The van der Waals surface area contributed by atoms with Gasteiger partial charge in [0.05, 0.1) is 19.6 Å². The predicted octanol–water partition coefficient (Wildman–Crippen LogP) is 3.53. The standard InChI is InChI=1S/C22H25NO6/c1-3-28-20-11-16(9-10-19(20)27-2)17-12-23(13-18(17)21(24)25)22(26)29-14-15-7-5-4-6-8-15/h4-11,17-18H,3,12-14H2,1-2H3,(H,24,25)/t17-,18+/m0/s1. The molecule has 29 heavy (non-hydrogen) atoms. The lowest BCUT2D eigenvalue weighted by Gasteiger charge is -2.18. The highest BCUT2D eigenvalue weighted by molar-refractivity contribution is 5.76. The summed E-state index contributed by atoms with van der Waals surface area (Å²) in [6.07, 6.45) is -0.513. The molecule has 0 bridgehead atoms. The van der Waals surface area contributed by atoms with Gasteiger partial charge < -0.3 is 24.2 Å². The SMILES string of the molecule is CCOc1cc([C@@H]2CN(C(=O)OCc3ccccc3)C[C@H]2C(=O)O)ccc1OC. The monoisotopic (exact) mass is 399 g/mol. The molecule has 0 saturated carbocycles. The molecule has 1 amide bonds. The van der Waals surface area contributed by atoms with Crippen LogP contribution < -0.4 is 9.47 Å². The lowest BCUT2D eigenvalue weighted by atomic mass is 9.89. The van der Waals surface area contributed by atoms with Crippen molar-refractivity contribution in [1.82, 2.24) is 4.90 Å². The van der Waals surface area contributed by atoms with Crippen LogP contribution >= 0.6 is 0 Å². The number of carboxylic acid groups (broad SMARTS) is 1. The van der Waals surface area contributed by atoms with Gasteiger partial charge in [-0.1, -0.05) is 36.4 Å². The van der Waals surface area contributed by atoms with E-state index in [2.05, 4.69) is 0 Å². The second-order valence-corrected chi connectivity index (χ2v) is 6.84. The first kappa shape index (κ1) is 20.5. The average Bonchev–Trinajstić information content (AvgIpc) is 3.19. The summed E-state index contributed by atoms with van der Waals surface area (Å²) in [4.78, 5) is 25.8. The van der Waals surface area contributed by atoms with Crippen molar-refractivity contribution in [2.45, 2.75) is 19.4 Å². The van der Waals surface area contributed by atoms with E-state index in [0.717, 1.165) is 11.1 Å². The predicted molar refractivity (Wildman–Crippen MR) is 106 cm³/mol. The molecule has 3 rings (SSSR count). The van der Waals surface area contributed by atoms with Crippen molar-refractivity contribution >= 4 is 12.1 Å². The summed E-state index contributed by atoms with van der Waals surface area (Å²) < 4.78 is 16.3. The fraction of sp³-hybridized carbons (Fsp3) is 0.364. The number of amides is 1. The van der Waals surface area contributed by atoms with E-state index in [1.165, 1.54) is 4.90 Å². The molecule has 1 aliphatic rings. The first-order valence-corrected chi connectivity index (χ1v) is 9.52. The molecule has 1 fully saturated rings. The number of benzene rings is 2. The van der Waals surface area contributed by atoms with Gasteiger partial charge in [-0.05, 0) is 30.2 Å². The van der Waals surface area contributed by atoms with Gasteiger partial charge in [0.25, 0.3) is 0 Å². The molecule has 1 saturated heterocycles. The molecule has 0 spiro atoms. The van der Waals surface area contributed by atoms with Crippen LogP contribution in [0.4, 0.5) is 4.79 Å². The average molecular weight is 399 g/mol. The number of aliphatic carboxylic acids is 1. The van der Waals surface area contributed by atoms with E-state index in [9.17, 15) is 14.7 Å². The number of rotatable bonds is 7. The van der Waals surface area contributed by atoms with E-state index >= 15 is 0 Å². The Bertz CT molecular complexity index is 854. The Morgan fingerprint density at radius 3 is 2.52 bits per heavy atom. The maximum atomic E-state index is 12.5. The smallest absolute Gasteiger partial charge is 0.410 e. The van der Waals surface area contributed by atoms with Crippen LogP contribution in [0, 0.1) is 5.92 Å². The summed E-state index contributed by atoms with van der Waals surface area (Å²) in [7, 11) is 1.55. The number of methoxy groups -OCH3 is 1. The van der Waals surface area contributed by atoms with Crippen LogP contribution in [0.2, 0.25) is 0 Å². The molecule has 7 heteroatoms. The minimum atomic E-state index is -0.942. The lowest BCUT2D eigenvalue weighted by Crippen LogP contribution is -2.30. The van der Waals surface area contributed by atoms with Crippen molar-refractivity contribution in [2.24, 2.45) is 5.92 Å². The topological polar surface area (TPSA) is 85.3 Å². The van der Waals surface area contributed by atoms with Gasteiger partial charge in [-0.3, -0.25) is 4.79 Å². The van der Waals surface area contributed by atoms with E-state index in [0.29, 0.717) is 18.1 Å². The molecule has 1 heterocycles. The Morgan fingerprint density at radius 2 is 1.86 bits per heavy atom. The number of carbonyl (C=O) groups excluding carboxylic acids is 1. The highest BCUT2D eigenvalue weighted by atomic mass is 16.6. The zero-order chi connectivity index (χ0) is 20.8. The number of carbonyl (C=O) groups is 2. The maximum Gasteiger partial charge on any atom is 0.410 e. The van der Waals surface area contributed by atoms with Gasteiger partial charge in [-0.2, -0.15) is 0 Å². The fourth-order valence-electron chi connectivity index (χ4n) is 3.54. The highest BCUT2D eigenvalue weighted by Gasteiger charge is 2.41. The number of ether oxygens (including phenoxy) is 3. The van der Waals surface area contributed by atoms with Gasteiger partial charge in [-0.25, -0.2) is 4.79 Å². The number of hydrogen-bond acceptors (Lipinski definition) is 5. The summed E-state index contributed by atoms with van der Waals surface area (Å²) in [5, 5.41) is 9.69. The molecular weight excluding hydrogens is 374 g/mol. The molecule has 1 N–H and O–H groups in total. The summed E-state index contributed by atoms with van der Waals surface area (Å²) in [5.41, 5.74) is 1.67. The van der Waals surface area contributed by atoms with Crippen LogP contribution in [0.5, 0.6) is 11.5 Å². The van der Waals surface area contributed by atoms with E-state index in [1.54, 1.807) is 19.2 Å². The summed E-state index contributed by atoms with van der Waals surface area (Å²) in [6, 6.07) is 14.7. The highest BCUT2D eigenvalue weighted by Crippen LogP contribution is 2.37. The van der Waals surface area contributed by atoms with Gasteiger partial charge >= 0.3 is 12.1 Å². The van der Waals surface area contributed by atoms with Crippen LogP contribution in [0.15, 0.2) is 48.5 Å². The van der Waals surface area contributed by atoms with Crippen LogP contribution in [0.25, 0.3) is 0 Å². The van der Waals surface area contributed by atoms with E-state index in [-0.39, 0.29) is 25.6 Å². The van der Waals surface area contributed by atoms with Crippen molar-refractivity contribution in [3.8, 4) is 11.5 Å². The number of nitrogens with zero attached hydrogens (tertiary/aromatic N) is 1. The number of carboxylic acids is 1. The Kier molecular flexibility index (Phi) is 6.59. The van der Waals surface area contributed by atoms with Crippen LogP contribution in [-0.2, 0) is 16.1 Å². The van der Waals surface area contributed by atoms with Crippen molar-refractivity contribution in [3.63, 3.8) is 0 Å². The van der Waals surface area contributed by atoms with Gasteiger partial charge in [0.2, 0.25) is 0 Å². The molecule has 0 radical (unpaired) electrons. The zero-order valence-corrected chi connectivity index (χ0v) is 16.5. The van der Waals surface area contributed by atoms with E-state index < -0.39 is 18.0 Å². The van der Waals surface area contributed by atoms with Gasteiger partial charge in [-0.15, -0.1) is 0 Å². The molecule has 7 nitrogen and oxygen atoms in total. The van der Waals surface area contributed by atoms with Crippen molar-refractivity contribution in [1.29, 1.82) is 0 Å². The third kappa shape index (κ3) is 4.80. The van der Waals surface area contributed by atoms with Crippen molar-refractivity contribution in [2.75, 3.05) is 26.8 Å². The molecule has 0 unspecified atom stereocenters. The fourth-order valence-corrected chi connectivity index (χ4v) is 3.54. The molecule has 0 aromatic heterocycles. The van der Waals surface area contributed by atoms with Crippen LogP contribution in [0.3, 0.4) is 0 Å². The van der Waals surface area contributed by atoms with Gasteiger partial charge in [0.1, 0.15) is 6.61 Å². The Labute approximate surface area is 169 Å². The normalized spacial score (nSPS) is 18.3. The third-order valence-electron chi connectivity index (χ3n) is 5.02. The first-order valence-electron chi connectivity index (χ1n) is 9.52. The summed E-state index contributed by atoms with van der Waals surface area (Å²) >= 11 is 0. The largest absolute Gasteiger partial charge is 0.493 e. The second kappa shape index (κ2) is 9.32. The Hall–Kier alpha value is -3.22. The minimum Gasteiger partial charge on any atom is -0.493 e. The quantitative estimate of drug-likeness (QED) is 0.767. The van der Waals surface area contributed by atoms with Gasteiger partial charge in [0, 0.05) is 19.0 Å². The minimum absolute atomic E-state index is 0.101. The molecule has 2 aromatic carbocycles. The molecule has 0 aliphatic carbocycles. The first-order chi connectivity index (χ1) is 14.0.